The number of rotatable bonds is 1. The van der Waals surface area contributed by atoms with Crippen molar-refractivity contribution in [3.05, 3.63) is 0 Å². The molecular weight excluding hydrogens is 310 g/mol. The molecule has 0 saturated heterocycles. The summed E-state index contributed by atoms with van der Waals surface area (Å²) < 4.78 is -0.403. The van der Waals surface area contributed by atoms with Crippen LogP contribution in [0.1, 0.15) is 0 Å². The molecule has 0 heterocycles. The zero-order valence-electron chi connectivity index (χ0n) is 2.65. The van der Waals surface area contributed by atoms with E-state index in [1.165, 1.54) is 0 Å². The van der Waals surface area contributed by atoms with E-state index in [4.69, 9.17) is 0 Å². The van der Waals surface area contributed by atoms with E-state index in [0.717, 1.165) is 0 Å². The van der Waals surface area contributed by atoms with Gasteiger partial charge in [0.1, 0.15) is 0 Å². The third-order valence-electron chi connectivity index (χ3n) is 0.178. The quantitative estimate of drug-likeness (QED) is 0.528. The summed E-state index contributed by atoms with van der Waals surface area (Å²) >= 11 is 3.51. The summed E-state index contributed by atoms with van der Waals surface area (Å²) in [6, 6.07) is 0. The number of alkyl halides is 2. The molecule has 0 fully saturated rings. The van der Waals surface area contributed by atoms with Gasteiger partial charge in [-0.05, 0) is 0 Å². The van der Waals surface area contributed by atoms with Crippen molar-refractivity contribution >= 4 is 51.2 Å². The van der Waals surface area contributed by atoms with Gasteiger partial charge < -0.3 is 0 Å². The minimum Gasteiger partial charge on any atom is -0.245 e. The highest BCUT2D eigenvalue weighted by Crippen LogP contribution is 2.08. The summed E-state index contributed by atoms with van der Waals surface area (Å²) in [5, 5.41) is 9.57. The molecule has 0 bridgehead atoms. The van der Waals surface area contributed by atoms with Gasteiger partial charge in [-0.1, -0.05) is 45.2 Å². The second-order valence-corrected chi connectivity index (χ2v) is 5.49. The van der Waals surface area contributed by atoms with Gasteiger partial charge >= 0.3 is 5.97 Å². The van der Waals surface area contributed by atoms with Crippen LogP contribution in [0.2, 0.25) is 0 Å². The molecule has 0 aliphatic rings. The van der Waals surface area contributed by atoms with E-state index < -0.39 is 7.90 Å². The van der Waals surface area contributed by atoms with Crippen LogP contribution in [-0.2, 0) is 9.90 Å². The van der Waals surface area contributed by atoms with Crippen LogP contribution in [0.4, 0.5) is 0 Å². The summed E-state index contributed by atoms with van der Waals surface area (Å²) in [4.78, 5) is 9.57. The summed E-state index contributed by atoms with van der Waals surface area (Å²) in [5.41, 5.74) is 0. The van der Waals surface area contributed by atoms with Gasteiger partial charge in [-0.2, -0.15) is 0 Å². The zero-order chi connectivity index (χ0) is 5.15. The van der Waals surface area contributed by atoms with Crippen LogP contribution < -0.4 is 0 Å². The standard InChI is InChI=1S/C2HI2O2/c3-1(4)2(5)6/h1H. The average molecular weight is 311 g/mol. The minimum absolute atomic E-state index is 0.403. The van der Waals surface area contributed by atoms with E-state index in [1.54, 1.807) is 45.2 Å². The van der Waals surface area contributed by atoms with Crippen LogP contribution >= 0.6 is 45.2 Å². The predicted octanol–water partition coefficient (Wildman–Crippen LogP) is 1.14. The smallest absolute Gasteiger partial charge is 0.245 e. The first-order chi connectivity index (χ1) is 2.64. The highest BCUT2D eigenvalue weighted by Gasteiger charge is 2.07. The largest absolute Gasteiger partial charge is 0.378 e. The van der Waals surface area contributed by atoms with Crippen molar-refractivity contribution in [2.75, 3.05) is 0 Å². The maximum atomic E-state index is 9.57. The third kappa shape index (κ3) is 3.13. The van der Waals surface area contributed by atoms with Gasteiger partial charge in [0.15, 0.2) is 1.93 Å². The van der Waals surface area contributed by atoms with Crippen molar-refractivity contribution in [3.8, 4) is 0 Å². The van der Waals surface area contributed by atoms with Crippen molar-refractivity contribution < 1.29 is 9.90 Å². The van der Waals surface area contributed by atoms with E-state index in [2.05, 4.69) is 0 Å². The molecule has 0 aliphatic carbocycles. The monoisotopic (exact) mass is 311 g/mol. The van der Waals surface area contributed by atoms with Gasteiger partial charge in [-0.3, -0.25) is 0 Å². The molecule has 0 saturated carbocycles. The Morgan fingerprint density at radius 2 is 1.67 bits per heavy atom. The maximum Gasteiger partial charge on any atom is 0.378 e. The molecule has 0 aromatic carbocycles. The normalized spacial score (nSPS) is 9.17. The van der Waals surface area contributed by atoms with E-state index in [9.17, 15) is 9.90 Å². The lowest BCUT2D eigenvalue weighted by molar-refractivity contribution is -0.139. The Morgan fingerprint density at radius 1 is 1.50 bits per heavy atom. The molecule has 2 nitrogen and oxygen atoms in total. The lowest BCUT2D eigenvalue weighted by Crippen LogP contribution is -1.99. The number of carbonyl (C=O) groups excluding carboxylic acids is 1. The van der Waals surface area contributed by atoms with E-state index in [-0.39, 0.29) is 0 Å². The molecule has 0 aromatic heterocycles. The SMILES string of the molecule is [O]C(=O)C(I)I. The molecule has 0 aromatic rings. The molecule has 0 N–H and O–H groups in total. The molecule has 0 rings (SSSR count). The summed E-state index contributed by atoms with van der Waals surface area (Å²) in [6.07, 6.45) is 0. The molecule has 0 amide bonds. The Morgan fingerprint density at radius 3 is 1.67 bits per heavy atom. The third-order valence-corrected chi connectivity index (χ3v) is 1.20. The lowest BCUT2D eigenvalue weighted by Gasteiger charge is -1.80. The molecule has 0 aliphatic heterocycles. The van der Waals surface area contributed by atoms with E-state index >= 15 is 0 Å². The van der Waals surface area contributed by atoms with Gasteiger partial charge in [-0.25, -0.2) is 9.90 Å². The molecule has 0 unspecified atom stereocenters. The van der Waals surface area contributed by atoms with Crippen molar-refractivity contribution in [3.63, 3.8) is 0 Å². The molecule has 6 heavy (non-hydrogen) atoms. The number of hydrogen-bond donors (Lipinski definition) is 0. The second-order valence-electron chi connectivity index (χ2n) is 0.620. The molecule has 0 spiro atoms. The topological polar surface area (TPSA) is 37.0 Å². The van der Waals surface area contributed by atoms with Gasteiger partial charge in [0.2, 0.25) is 0 Å². The number of hydrogen-bond acceptors (Lipinski definition) is 1. The first-order valence-corrected chi connectivity index (χ1v) is 3.62. The molecule has 0 atom stereocenters. The first-order valence-electron chi connectivity index (χ1n) is 1.13. The lowest BCUT2D eigenvalue weighted by atomic mass is 10.8. The Labute approximate surface area is 62.6 Å². The fourth-order valence-electron chi connectivity index (χ4n) is 0. The van der Waals surface area contributed by atoms with E-state index in [1.807, 2.05) is 0 Å². The van der Waals surface area contributed by atoms with Crippen molar-refractivity contribution in [1.29, 1.82) is 0 Å². The fraction of sp³-hybridized carbons (Fsp3) is 0.500. The first kappa shape index (κ1) is 6.93. The molecule has 35 valence electrons. The van der Waals surface area contributed by atoms with Crippen molar-refractivity contribution in [1.82, 2.24) is 0 Å². The van der Waals surface area contributed by atoms with Gasteiger partial charge in [-0.15, -0.1) is 0 Å². The van der Waals surface area contributed by atoms with Gasteiger partial charge in [0.05, 0.1) is 0 Å². The van der Waals surface area contributed by atoms with Crippen molar-refractivity contribution in [2.24, 2.45) is 0 Å². The van der Waals surface area contributed by atoms with Crippen LogP contribution in [0.15, 0.2) is 0 Å². The van der Waals surface area contributed by atoms with Gasteiger partial charge in [0.25, 0.3) is 0 Å². The Balaban J connectivity index is 3.26. The summed E-state index contributed by atoms with van der Waals surface area (Å²) in [7, 11) is 0. The van der Waals surface area contributed by atoms with Crippen LogP contribution in [-0.4, -0.2) is 7.90 Å². The Bertz CT molecular complexity index is 60.6. The van der Waals surface area contributed by atoms with Crippen LogP contribution in [0.3, 0.4) is 0 Å². The predicted molar refractivity (Wildman–Crippen MR) is 37.5 cm³/mol. The summed E-state index contributed by atoms with van der Waals surface area (Å²) in [6.45, 7) is 0. The van der Waals surface area contributed by atoms with E-state index in [0.29, 0.717) is 0 Å². The summed E-state index contributed by atoms with van der Waals surface area (Å²) in [5.74, 6) is -1.02. The molecule has 1 radical (unpaired) electrons. The van der Waals surface area contributed by atoms with Crippen LogP contribution in [0.5, 0.6) is 0 Å². The molecular formula is C2HI2O2. The molecule has 4 heteroatoms. The van der Waals surface area contributed by atoms with Crippen molar-refractivity contribution in [2.45, 2.75) is 1.93 Å². The number of carbonyl (C=O) groups is 1. The van der Waals surface area contributed by atoms with Crippen LogP contribution in [0.25, 0.3) is 0 Å². The fourth-order valence-corrected chi connectivity index (χ4v) is 0. The average Bonchev–Trinajstić information content (AvgIpc) is 1.36. The van der Waals surface area contributed by atoms with Crippen LogP contribution in [0, 0.1) is 0 Å². The zero-order valence-corrected chi connectivity index (χ0v) is 6.96. The minimum atomic E-state index is -1.02. The number of halogens is 2. The second kappa shape index (κ2) is 3.00. The maximum absolute atomic E-state index is 9.57. The Kier molecular flexibility index (Phi) is 3.47. The highest BCUT2D eigenvalue weighted by molar-refractivity contribution is 14.2. The Hall–Kier alpha value is 0.930. The highest BCUT2D eigenvalue weighted by atomic mass is 127. The van der Waals surface area contributed by atoms with Gasteiger partial charge in [0, 0.05) is 0 Å².